The number of nitrogens with zero attached hydrogens (tertiary/aromatic N) is 2. The van der Waals surface area contributed by atoms with E-state index in [-0.39, 0.29) is 23.8 Å². The number of carbonyl (C=O) groups excluding carboxylic acids is 3. The van der Waals surface area contributed by atoms with Crippen LogP contribution in [0.5, 0.6) is 0 Å². The predicted molar refractivity (Wildman–Crippen MR) is 89.8 cm³/mol. The van der Waals surface area contributed by atoms with E-state index in [9.17, 15) is 14.4 Å². The minimum absolute atomic E-state index is 0.0179. The van der Waals surface area contributed by atoms with Gasteiger partial charge in [-0.2, -0.15) is 0 Å². The first-order valence-corrected chi connectivity index (χ1v) is 9.29. The molecular formula is C18H29N3O3. The van der Waals surface area contributed by atoms with Gasteiger partial charge in [-0.15, -0.1) is 0 Å². The Bertz CT molecular complexity index is 526. The minimum Gasteiger partial charge on any atom is -0.368 e. The molecule has 3 fully saturated rings. The highest BCUT2D eigenvalue weighted by Gasteiger charge is 2.47. The van der Waals surface area contributed by atoms with E-state index in [1.54, 1.807) is 4.90 Å². The Labute approximate surface area is 143 Å². The van der Waals surface area contributed by atoms with Crippen molar-refractivity contribution in [1.82, 2.24) is 9.80 Å². The summed E-state index contributed by atoms with van der Waals surface area (Å²) in [6, 6.07) is 0. The van der Waals surface area contributed by atoms with Crippen LogP contribution >= 0.6 is 0 Å². The fraction of sp³-hybridized carbons (Fsp3) is 0.833. The molecule has 2 aliphatic heterocycles. The first-order valence-electron chi connectivity index (χ1n) is 9.29. The highest BCUT2D eigenvalue weighted by molar-refractivity contribution is 5.84. The van der Waals surface area contributed by atoms with Crippen LogP contribution in [0.4, 0.5) is 0 Å². The topological polar surface area (TPSA) is 83.7 Å². The predicted octanol–water partition coefficient (Wildman–Crippen LogP) is 1.14. The molecule has 1 aliphatic carbocycles. The summed E-state index contributed by atoms with van der Waals surface area (Å²) in [6.45, 7) is 4.37. The monoisotopic (exact) mass is 335 g/mol. The maximum atomic E-state index is 12.6. The van der Waals surface area contributed by atoms with Gasteiger partial charge in [-0.25, -0.2) is 0 Å². The lowest BCUT2D eigenvalue weighted by Crippen LogP contribution is -2.54. The van der Waals surface area contributed by atoms with E-state index < -0.39 is 5.91 Å². The third kappa shape index (κ3) is 3.57. The van der Waals surface area contributed by atoms with Gasteiger partial charge in [-0.1, -0.05) is 13.3 Å². The lowest BCUT2D eigenvalue weighted by Gasteiger charge is -2.47. The summed E-state index contributed by atoms with van der Waals surface area (Å²) in [5.74, 6) is 0.779. The highest BCUT2D eigenvalue weighted by atomic mass is 16.2. The highest BCUT2D eigenvalue weighted by Crippen LogP contribution is 2.45. The first kappa shape index (κ1) is 17.2. The Kier molecular flexibility index (Phi) is 4.83. The fourth-order valence-corrected chi connectivity index (χ4v) is 4.52. The molecule has 24 heavy (non-hydrogen) atoms. The maximum Gasteiger partial charge on any atom is 0.237 e. The number of rotatable bonds is 5. The van der Waals surface area contributed by atoms with E-state index in [0.717, 1.165) is 45.2 Å². The molecule has 0 radical (unpaired) electrons. The van der Waals surface area contributed by atoms with E-state index in [2.05, 4.69) is 6.92 Å². The number of carbonyl (C=O) groups is 3. The second kappa shape index (κ2) is 6.73. The summed E-state index contributed by atoms with van der Waals surface area (Å²) in [5, 5.41) is 0. The van der Waals surface area contributed by atoms with Gasteiger partial charge >= 0.3 is 0 Å². The van der Waals surface area contributed by atoms with Gasteiger partial charge in [0.2, 0.25) is 17.7 Å². The SMILES string of the molecule is CCC[C@H]1C[C@H]1C(=O)N1CCC2(CCC(=O)N(CC(N)=O)C2)CC1. The van der Waals surface area contributed by atoms with Crippen molar-refractivity contribution in [1.29, 1.82) is 0 Å². The Hall–Kier alpha value is -1.59. The number of likely N-dealkylation sites (tertiary alicyclic amines) is 2. The lowest BCUT2D eigenvalue weighted by atomic mass is 9.72. The molecule has 134 valence electrons. The van der Waals surface area contributed by atoms with Gasteiger partial charge in [0, 0.05) is 32.0 Å². The Morgan fingerprint density at radius 2 is 1.96 bits per heavy atom. The molecule has 0 unspecified atom stereocenters. The quantitative estimate of drug-likeness (QED) is 0.818. The van der Waals surface area contributed by atoms with Gasteiger partial charge < -0.3 is 15.5 Å². The smallest absolute Gasteiger partial charge is 0.237 e. The second-order valence-electron chi connectivity index (χ2n) is 7.93. The van der Waals surface area contributed by atoms with Crippen LogP contribution in [0.15, 0.2) is 0 Å². The summed E-state index contributed by atoms with van der Waals surface area (Å²) in [7, 11) is 0. The van der Waals surface area contributed by atoms with Crippen molar-refractivity contribution < 1.29 is 14.4 Å². The number of nitrogens with two attached hydrogens (primary N) is 1. The molecule has 3 rings (SSSR count). The van der Waals surface area contributed by atoms with E-state index in [4.69, 9.17) is 5.73 Å². The number of amides is 3. The molecule has 0 aromatic heterocycles. The molecule has 0 bridgehead atoms. The van der Waals surface area contributed by atoms with Crippen molar-refractivity contribution in [3.63, 3.8) is 0 Å². The first-order chi connectivity index (χ1) is 11.4. The molecule has 0 aromatic rings. The third-order valence-electron chi connectivity index (χ3n) is 6.13. The van der Waals surface area contributed by atoms with Crippen LogP contribution in [-0.4, -0.2) is 53.7 Å². The van der Waals surface area contributed by atoms with Gasteiger partial charge in [0.25, 0.3) is 0 Å². The fourth-order valence-electron chi connectivity index (χ4n) is 4.52. The molecule has 2 atom stereocenters. The Balaban J connectivity index is 1.53. The number of piperidine rings is 2. The summed E-state index contributed by atoms with van der Waals surface area (Å²) in [5.41, 5.74) is 5.32. The van der Waals surface area contributed by atoms with Crippen LogP contribution < -0.4 is 5.73 Å². The standard InChI is InChI=1S/C18H29N3O3/c1-2-3-13-10-14(13)17(24)20-8-6-18(7-9-20)5-4-16(23)21(12-18)11-15(19)22/h13-14H,2-12H2,1H3,(H2,19,22)/t13-,14+/m0/s1. The van der Waals surface area contributed by atoms with Crippen LogP contribution in [0, 0.1) is 17.3 Å². The van der Waals surface area contributed by atoms with Gasteiger partial charge in [-0.3, -0.25) is 14.4 Å². The number of hydrogen-bond donors (Lipinski definition) is 1. The molecular weight excluding hydrogens is 306 g/mol. The molecule has 6 heteroatoms. The lowest BCUT2D eigenvalue weighted by molar-refractivity contribution is -0.145. The zero-order valence-corrected chi connectivity index (χ0v) is 14.6. The van der Waals surface area contributed by atoms with Gasteiger partial charge in [0.05, 0.1) is 6.54 Å². The minimum atomic E-state index is -0.455. The van der Waals surface area contributed by atoms with E-state index >= 15 is 0 Å². The van der Waals surface area contributed by atoms with Crippen molar-refractivity contribution in [2.45, 2.75) is 51.9 Å². The molecule has 1 saturated carbocycles. The third-order valence-corrected chi connectivity index (χ3v) is 6.13. The van der Waals surface area contributed by atoms with Gasteiger partial charge in [0.15, 0.2) is 0 Å². The van der Waals surface area contributed by atoms with Crippen molar-refractivity contribution in [3.8, 4) is 0 Å². The molecule has 3 aliphatic rings. The number of primary amides is 1. The molecule has 2 N–H and O–H groups in total. The summed E-state index contributed by atoms with van der Waals surface area (Å²) >= 11 is 0. The van der Waals surface area contributed by atoms with E-state index in [1.165, 1.54) is 6.42 Å². The Morgan fingerprint density at radius 3 is 2.58 bits per heavy atom. The average molecular weight is 335 g/mol. The Morgan fingerprint density at radius 1 is 1.25 bits per heavy atom. The molecule has 2 saturated heterocycles. The largest absolute Gasteiger partial charge is 0.368 e. The number of hydrogen-bond acceptors (Lipinski definition) is 3. The zero-order valence-electron chi connectivity index (χ0n) is 14.6. The normalized spacial score (nSPS) is 29.0. The molecule has 2 heterocycles. The zero-order chi connectivity index (χ0) is 17.3. The van der Waals surface area contributed by atoms with Crippen LogP contribution in [0.3, 0.4) is 0 Å². The van der Waals surface area contributed by atoms with Crippen LogP contribution in [0.25, 0.3) is 0 Å². The summed E-state index contributed by atoms with van der Waals surface area (Å²) < 4.78 is 0. The van der Waals surface area contributed by atoms with Crippen molar-refractivity contribution in [2.24, 2.45) is 23.0 Å². The van der Waals surface area contributed by atoms with Crippen molar-refractivity contribution in [3.05, 3.63) is 0 Å². The molecule has 0 aromatic carbocycles. The molecule has 3 amide bonds. The maximum absolute atomic E-state index is 12.6. The average Bonchev–Trinajstić information content (AvgIpc) is 3.31. The van der Waals surface area contributed by atoms with Crippen LogP contribution in [-0.2, 0) is 14.4 Å². The molecule has 6 nitrogen and oxygen atoms in total. The van der Waals surface area contributed by atoms with Gasteiger partial charge in [-0.05, 0) is 43.4 Å². The van der Waals surface area contributed by atoms with Crippen LogP contribution in [0.2, 0.25) is 0 Å². The summed E-state index contributed by atoms with van der Waals surface area (Å²) in [4.78, 5) is 39.4. The summed E-state index contributed by atoms with van der Waals surface area (Å²) in [6.07, 6.45) is 6.58. The van der Waals surface area contributed by atoms with Crippen LogP contribution in [0.1, 0.15) is 51.9 Å². The molecule has 1 spiro atoms. The van der Waals surface area contributed by atoms with Gasteiger partial charge in [0.1, 0.15) is 0 Å². The van der Waals surface area contributed by atoms with E-state index in [0.29, 0.717) is 24.8 Å². The van der Waals surface area contributed by atoms with E-state index in [1.807, 2.05) is 4.90 Å². The van der Waals surface area contributed by atoms with Crippen molar-refractivity contribution in [2.75, 3.05) is 26.2 Å². The van der Waals surface area contributed by atoms with Crippen molar-refractivity contribution >= 4 is 17.7 Å². The second-order valence-corrected chi connectivity index (χ2v) is 7.93.